The highest BCUT2D eigenvalue weighted by atomic mass is 79.9. The molecule has 5 heteroatoms. The van der Waals surface area contributed by atoms with Gasteiger partial charge in [-0.25, -0.2) is 0 Å². The zero-order chi connectivity index (χ0) is 3.86. The summed E-state index contributed by atoms with van der Waals surface area (Å²) >= 11 is 6.36. The minimum absolute atomic E-state index is 0.280. The smallest absolute Gasteiger partial charge is 0.365 e. The van der Waals surface area contributed by atoms with Crippen LogP contribution in [0.5, 0.6) is 0 Å². The fourth-order valence-corrected chi connectivity index (χ4v) is 0.833. The van der Waals surface area contributed by atoms with Gasteiger partial charge in [0.2, 0.25) is 0 Å². The SMILES string of the molecule is BrB1OB1Br. The first-order valence-electron chi connectivity index (χ1n) is 1.24. The predicted octanol–water partition coefficient (Wildman–Crippen LogP) is 0.861. The maximum Gasteiger partial charge on any atom is 0.365 e. The van der Waals surface area contributed by atoms with E-state index in [0.717, 1.165) is 0 Å². The van der Waals surface area contributed by atoms with Crippen LogP contribution in [-0.4, -0.2) is 11.3 Å². The van der Waals surface area contributed by atoms with Crippen molar-refractivity contribution in [2.24, 2.45) is 0 Å². The van der Waals surface area contributed by atoms with E-state index in [1.165, 1.54) is 0 Å². The van der Waals surface area contributed by atoms with Crippen LogP contribution in [0.3, 0.4) is 0 Å². The summed E-state index contributed by atoms with van der Waals surface area (Å²) in [4.78, 5) is 0. The van der Waals surface area contributed by atoms with Crippen molar-refractivity contribution in [2.45, 2.75) is 0 Å². The van der Waals surface area contributed by atoms with Gasteiger partial charge >= 0.3 is 11.3 Å². The molecule has 1 aliphatic heterocycles. The Labute approximate surface area is 47.6 Å². The minimum atomic E-state index is 0.280. The zero-order valence-electron chi connectivity index (χ0n) is 2.32. The van der Waals surface area contributed by atoms with Gasteiger partial charge in [-0.05, 0) is 0 Å². The first-order chi connectivity index (χ1) is 2.30. The molecule has 0 unspecified atom stereocenters. The lowest BCUT2D eigenvalue weighted by atomic mass is 9.80. The zero-order valence-corrected chi connectivity index (χ0v) is 5.49. The minimum Gasteiger partial charge on any atom is -0.487 e. The Morgan fingerprint density at radius 3 is 1.40 bits per heavy atom. The third kappa shape index (κ3) is 0.945. The molecule has 0 saturated carbocycles. The average molecular weight is 197 g/mol. The van der Waals surface area contributed by atoms with Crippen LogP contribution in [0.25, 0.3) is 0 Å². The van der Waals surface area contributed by atoms with Crippen LogP contribution in [0.2, 0.25) is 0 Å². The van der Waals surface area contributed by atoms with Crippen LogP contribution < -0.4 is 0 Å². The Morgan fingerprint density at radius 1 is 1.20 bits per heavy atom. The highest BCUT2D eigenvalue weighted by Gasteiger charge is 2.44. The summed E-state index contributed by atoms with van der Waals surface area (Å²) in [5.74, 6) is 0. The number of hydrogen-bond acceptors (Lipinski definition) is 1. The molecule has 0 amide bonds. The van der Waals surface area contributed by atoms with Crippen molar-refractivity contribution >= 4 is 42.8 Å². The monoisotopic (exact) mass is 196 g/mol. The van der Waals surface area contributed by atoms with Crippen LogP contribution in [0.1, 0.15) is 0 Å². The van der Waals surface area contributed by atoms with Crippen molar-refractivity contribution in [3.63, 3.8) is 0 Å². The van der Waals surface area contributed by atoms with E-state index in [1.54, 1.807) is 0 Å². The predicted molar refractivity (Wildman–Crippen MR) is 30.4 cm³/mol. The third-order valence-electron chi connectivity index (χ3n) is 0.389. The van der Waals surface area contributed by atoms with Gasteiger partial charge in [0.25, 0.3) is 0 Å². The fraction of sp³-hybridized carbons (Fsp3) is 0. The summed E-state index contributed by atoms with van der Waals surface area (Å²) in [5, 5.41) is 0. The molecular formula is B2Br2O. The first-order valence-corrected chi connectivity index (χ1v) is 3.07. The van der Waals surface area contributed by atoms with E-state index >= 15 is 0 Å². The third-order valence-corrected chi connectivity index (χ3v) is 2.49. The fourth-order valence-electron chi connectivity index (χ4n) is 0.0788. The molecule has 1 nitrogen and oxygen atoms in total. The summed E-state index contributed by atoms with van der Waals surface area (Å²) in [6.45, 7) is 0. The van der Waals surface area contributed by atoms with Crippen molar-refractivity contribution in [3.8, 4) is 0 Å². The van der Waals surface area contributed by atoms with Crippen LogP contribution in [0.4, 0.5) is 0 Å². The van der Waals surface area contributed by atoms with E-state index in [1.807, 2.05) is 0 Å². The van der Waals surface area contributed by atoms with Gasteiger partial charge in [-0.2, -0.15) is 0 Å². The lowest BCUT2D eigenvalue weighted by Crippen LogP contribution is -1.76. The Bertz CT molecular complexity index is 40.9. The highest BCUT2D eigenvalue weighted by molar-refractivity contribution is 9.35. The van der Waals surface area contributed by atoms with Crippen LogP contribution >= 0.6 is 31.5 Å². The normalized spacial score (nSPS) is 20.4. The average Bonchev–Trinajstić information content (AvgIpc) is 1.79. The molecular weight excluding hydrogens is 197 g/mol. The lowest BCUT2D eigenvalue weighted by molar-refractivity contribution is 0.745. The second-order valence-electron chi connectivity index (χ2n) is 0.838. The van der Waals surface area contributed by atoms with Crippen molar-refractivity contribution in [2.75, 3.05) is 0 Å². The van der Waals surface area contributed by atoms with Gasteiger partial charge in [0, 0.05) is 0 Å². The quantitative estimate of drug-likeness (QED) is 0.415. The Hall–Kier alpha value is 1.05. The molecule has 0 N–H and O–H groups in total. The van der Waals surface area contributed by atoms with Gasteiger partial charge < -0.3 is 4.57 Å². The molecule has 0 radical (unpaired) electrons. The summed E-state index contributed by atoms with van der Waals surface area (Å²) < 4.78 is 4.75. The maximum atomic E-state index is 4.75. The molecule has 0 aromatic carbocycles. The summed E-state index contributed by atoms with van der Waals surface area (Å²) in [7, 11) is 0. The van der Waals surface area contributed by atoms with E-state index in [9.17, 15) is 0 Å². The second kappa shape index (κ2) is 1.28. The topological polar surface area (TPSA) is 12.5 Å². The molecule has 1 fully saturated rings. The molecule has 0 spiro atoms. The number of hydrogen-bond donors (Lipinski definition) is 0. The molecule has 0 bridgehead atoms. The summed E-state index contributed by atoms with van der Waals surface area (Å²) in [6, 6.07) is 0. The summed E-state index contributed by atoms with van der Waals surface area (Å²) in [6.07, 6.45) is 0. The molecule has 1 saturated heterocycles. The Kier molecular flexibility index (Phi) is 1.08. The Morgan fingerprint density at radius 2 is 1.40 bits per heavy atom. The summed E-state index contributed by atoms with van der Waals surface area (Å²) in [5.41, 5.74) is 0.560. The van der Waals surface area contributed by atoms with Gasteiger partial charge in [-0.3, -0.25) is 0 Å². The van der Waals surface area contributed by atoms with Crippen molar-refractivity contribution in [1.82, 2.24) is 0 Å². The van der Waals surface area contributed by atoms with Crippen molar-refractivity contribution < 1.29 is 4.57 Å². The van der Waals surface area contributed by atoms with Crippen LogP contribution in [0, 0.1) is 0 Å². The Balaban J connectivity index is 2.20. The van der Waals surface area contributed by atoms with Gasteiger partial charge in [0.15, 0.2) is 0 Å². The molecule has 1 heterocycles. The van der Waals surface area contributed by atoms with Crippen molar-refractivity contribution in [3.05, 3.63) is 0 Å². The molecule has 1 rings (SSSR count). The van der Waals surface area contributed by atoms with E-state index in [0.29, 0.717) is 0 Å². The van der Waals surface area contributed by atoms with Gasteiger partial charge in [-0.1, -0.05) is 0 Å². The van der Waals surface area contributed by atoms with E-state index in [2.05, 4.69) is 31.5 Å². The molecule has 0 aliphatic carbocycles. The van der Waals surface area contributed by atoms with Gasteiger partial charge in [-0.15, -0.1) is 31.5 Å². The van der Waals surface area contributed by atoms with Gasteiger partial charge in [0.1, 0.15) is 0 Å². The van der Waals surface area contributed by atoms with E-state index < -0.39 is 0 Å². The van der Waals surface area contributed by atoms with E-state index in [4.69, 9.17) is 4.57 Å². The molecule has 0 aromatic rings. The standard InChI is InChI=1S/B2Br2O/c3-1-2(4)5-1. The van der Waals surface area contributed by atoms with E-state index in [-0.39, 0.29) is 11.3 Å². The molecule has 5 heavy (non-hydrogen) atoms. The molecule has 26 valence electrons. The number of rotatable bonds is 0. The lowest BCUT2D eigenvalue weighted by Gasteiger charge is -1.45. The second-order valence-corrected chi connectivity index (χ2v) is 2.64. The highest BCUT2D eigenvalue weighted by Crippen LogP contribution is 2.22. The maximum absolute atomic E-state index is 4.75. The van der Waals surface area contributed by atoms with Crippen molar-refractivity contribution in [1.29, 1.82) is 0 Å². The van der Waals surface area contributed by atoms with Crippen LogP contribution in [-0.2, 0) is 4.57 Å². The van der Waals surface area contributed by atoms with Gasteiger partial charge in [0.05, 0.1) is 0 Å². The first kappa shape index (κ1) is 4.22. The largest absolute Gasteiger partial charge is 0.487 e. The van der Waals surface area contributed by atoms with Crippen LogP contribution in [0.15, 0.2) is 0 Å². The molecule has 1 aliphatic rings. The number of halogens is 2. The molecule has 0 atom stereocenters. The molecule has 0 aromatic heterocycles.